The number of nitrogens with one attached hydrogen (secondary N) is 1. The summed E-state index contributed by atoms with van der Waals surface area (Å²) in [6, 6.07) is 13.5. The van der Waals surface area contributed by atoms with E-state index in [0.717, 1.165) is 65.2 Å². The van der Waals surface area contributed by atoms with Gasteiger partial charge in [-0.2, -0.15) is 8.42 Å². The zero-order valence-electron chi connectivity index (χ0n) is 22.3. The van der Waals surface area contributed by atoms with E-state index in [0.29, 0.717) is 17.8 Å². The van der Waals surface area contributed by atoms with E-state index < -0.39 is 10.1 Å². The van der Waals surface area contributed by atoms with E-state index in [9.17, 15) is 13.2 Å². The van der Waals surface area contributed by atoms with Crippen LogP contribution in [0.3, 0.4) is 0 Å². The van der Waals surface area contributed by atoms with Gasteiger partial charge in [0.25, 0.3) is 16.0 Å². The zero-order valence-corrected chi connectivity index (χ0v) is 23.1. The number of carbonyl (C=O) groups excluding carboxylic acids is 1. The third kappa shape index (κ3) is 7.53. The van der Waals surface area contributed by atoms with Gasteiger partial charge in [0, 0.05) is 55.4 Å². The van der Waals surface area contributed by atoms with Crippen molar-refractivity contribution in [3.63, 3.8) is 0 Å². The fourth-order valence-electron chi connectivity index (χ4n) is 4.20. The van der Waals surface area contributed by atoms with Gasteiger partial charge < -0.3 is 15.1 Å². The van der Waals surface area contributed by atoms with E-state index >= 15 is 0 Å². The maximum atomic E-state index is 12.8. The molecule has 5 rings (SSSR count). The summed E-state index contributed by atoms with van der Waals surface area (Å²) in [6.07, 6.45) is 4.38. The summed E-state index contributed by atoms with van der Waals surface area (Å²) in [5.41, 5.74) is 7.39. The maximum Gasteiger partial charge on any atom is 0.261 e. The lowest BCUT2D eigenvalue weighted by atomic mass is 9.98. The smallest absolute Gasteiger partial charge is 0.261 e. The lowest BCUT2D eigenvalue weighted by molar-refractivity contribution is 0.0664. The summed E-state index contributed by atoms with van der Waals surface area (Å²) in [7, 11) is -1.59. The van der Waals surface area contributed by atoms with Gasteiger partial charge in [0.05, 0.1) is 11.8 Å². The number of amides is 1. The second-order valence-electron chi connectivity index (χ2n) is 9.51. The highest BCUT2D eigenvalue weighted by atomic mass is 32.2. The van der Waals surface area contributed by atoms with E-state index in [-0.39, 0.29) is 5.91 Å². The van der Waals surface area contributed by atoms with Crippen LogP contribution in [0.4, 0.5) is 11.6 Å². The van der Waals surface area contributed by atoms with Crippen molar-refractivity contribution in [2.45, 2.75) is 13.8 Å². The molecule has 0 aliphatic carbocycles. The number of nitrogens with zero attached hydrogens (tertiary/aromatic N) is 6. The van der Waals surface area contributed by atoms with E-state index in [4.69, 9.17) is 4.55 Å². The number of anilines is 2. The Labute approximate surface area is 227 Å². The number of benzene rings is 2. The average molecular weight is 550 g/mol. The molecule has 204 valence electrons. The highest BCUT2D eigenvalue weighted by Gasteiger charge is 2.20. The first-order valence-corrected chi connectivity index (χ1v) is 14.2. The van der Waals surface area contributed by atoms with Crippen LogP contribution >= 0.6 is 0 Å². The van der Waals surface area contributed by atoms with Gasteiger partial charge in [-0.1, -0.05) is 0 Å². The molecular formula is C27H31N7O4S. The van der Waals surface area contributed by atoms with Crippen LogP contribution in [0, 0.1) is 13.8 Å². The summed E-state index contributed by atoms with van der Waals surface area (Å²) in [4.78, 5) is 25.8. The molecule has 0 spiro atoms. The molecule has 12 heteroatoms. The van der Waals surface area contributed by atoms with Crippen LogP contribution in [-0.4, -0.2) is 88.3 Å². The third-order valence-electron chi connectivity index (χ3n) is 6.31. The number of pyridine rings is 1. The average Bonchev–Trinajstić information content (AvgIpc) is 2.88. The summed E-state index contributed by atoms with van der Waals surface area (Å²) in [6.45, 7) is 7.45. The van der Waals surface area contributed by atoms with Crippen LogP contribution in [-0.2, 0) is 10.1 Å². The molecule has 2 aromatic carbocycles. The number of piperazine rings is 1. The monoisotopic (exact) mass is 549 g/mol. The predicted octanol–water partition coefficient (Wildman–Crippen LogP) is 3.34. The Bertz CT molecular complexity index is 1580. The molecule has 39 heavy (non-hydrogen) atoms. The zero-order chi connectivity index (χ0) is 28.2. The Kier molecular flexibility index (Phi) is 8.48. The van der Waals surface area contributed by atoms with Gasteiger partial charge in [0.1, 0.15) is 5.52 Å². The van der Waals surface area contributed by atoms with Crippen molar-refractivity contribution >= 4 is 38.7 Å². The van der Waals surface area contributed by atoms with Crippen LogP contribution in [0.1, 0.15) is 21.5 Å². The third-order valence-corrected chi connectivity index (χ3v) is 6.31. The maximum absolute atomic E-state index is 12.8. The second-order valence-corrected chi connectivity index (χ2v) is 11.0. The lowest BCUT2D eigenvalue weighted by Gasteiger charge is -2.32. The van der Waals surface area contributed by atoms with Gasteiger partial charge in [-0.3, -0.25) is 14.3 Å². The van der Waals surface area contributed by atoms with E-state index in [1.54, 1.807) is 6.20 Å². The van der Waals surface area contributed by atoms with E-state index in [2.05, 4.69) is 51.3 Å². The first kappa shape index (κ1) is 28.0. The number of rotatable bonds is 4. The van der Waals surface area contributed by atoms with Crippen LogP contribution in [0.25, 0.3) is 22.2 Å². The van der Waals surface area contributed by atoms with Crippen molar-refractivity contribution in [2.24, 2.45) is 0 Å². The summed E-state index contributed by atoms with van der Waals surface area (Å²) in [5, 5.41) is 11.8. The standard InChI is InChI=1S/C26H27N7O.CH4O3S/c1-17-8-9-27-16-22(17)21-15-24-23(14-18(21)2)29-26(31-30-24)28-20-6-4-19(5-7-20)25(34)33-12-10-32(3)11-13-33;1-5(2,3)4/h4-9,14-16H,10-13H2,1-3H3,(H,28,29,31);1H3,(H,2,3,4). The first-order valence-electron chi connectivity index (χ1n) is 12.3. The number of hydrogen-bond acceptors (Lipinski definition) is 9. The molecule has 0 bridgehead atoms. The minimum Gasteiger partial charge on any atom is -0.336 e. The number of carbonyl (C=O) groups is 1. The number of fused-ring (bicyclic) bond motifs is 1. The Morgan fingerprint density at radius 2 is 1.59 bits per heavy atom. The molecule has 1 amide bonds. The van der Waals surface area contributed by atoms with Crippen molar-refractivity contribution in [3.05, 3.63) is 71.5 Å². The molecule has 3 heterocycles. The van der Waals surface area contributed by atoms with Crippen LogP contribution in [0.2, 0.25) is 0 Å². The van der Waals surface area contributed by atoms with Gasteiger partial charge >= 0.3 is 0 Å². The first-order chi connectivity index (χ1) is 18.5. The summed E-state index contributed by atoms with van der Waals surface area (Å²) < 4.78 is 25.9. The fourth-order valence-corrected chi connectivity index (χ4v) is 4.20. The summed E-state index contributed by atoms with van der Waals surface area (Å²) in [5.74, 6) is 0.480. The minimum atomic E-state index is -3.67. The number of aromatic nitrogens is 4. The molecule has 0 atom stereocenters. The van der Waals surface area contributed by atoms with Gasteiger partial charge in [-0.05, 0) is 80.1 Å². The van der Waals surface area contributed by atoms with Gasteiger partial charge in [-0.25, -0.2) is 4.98 Å². The van der Waals surface area contributed by atoms with Gasteiger partial charge in [0.2, 0.25) is 5.95 Å². The molecular weight excluding hydrogens is 518 g/mol. The van der Waals surface area contributed by atoms with Crippen molar-refractivity contribution in [2.75, 3.05) is 44.8 Å². The normalized spacial score (nSPS) is 14.0. The molecule has 1 fully saturated rings. The quantitative estimate of drug-likeness (QED) is 0.364. The number of hydrogen-bond donors (Lipinski definition) is 2. The van der Waals surface area contributed by atoms with Crippen molar-refractivity contribution in [1.82, 2.24) is 30.0 Å². The Morgan fingerprint density at radius 1 is 0.923 bits per heavy atom. The Balaban J connectivity index is 0.000000648. The highest BCUT2D eigenvalue weighted by Crippen LogP contribution is 2.29. The Morgan fingerprint density at radius 3 is 2.23 bits per heavy atom. The van der Waals surface area contributed by atoms with Crippen LogP contribution in [0.5, 0.6) is 0 Å². The predicted molar refractivity (Wildman–Crippen MR) is 151 cm³/mol. The topological polar surface area (TPSA) is 142 Å². The van der Waals surface area contributed by atoms with Gasteiger partial charge in [-0.15, -0.1) is 10.2 Å². The molecule has 2 N–H and O–H groups in total. The lowest BCUT2D eigenvalue weighted by Crippen LogP contribution is -2.47. The van der Waals surface area contributed by atoms with Crippen molar-refractivity contribution < 1.29 is 17.8 Å². The molecule has 2 aromatic heterocycles. The van der Waals surface area contributed by atoms with Crippen molar-refractivity contribution in [1.29, 1.82) is 0 Å². The van der Waals surface area contributed by atoms with Crippen LogP contribution in [0.15, 0.2) is 54.9 Å². The molecule has 1 aliphatic rings. The molecule has 0 saturated carbocycles. The second kappa shape index (κ2) is 11.8. The highest BCUT2D eigenvalue weighted by molar-refractivity contribution is 7.85. The van der Waals surface area contributed by atoms with E-state index in [1.807, 2.05) is 53.6 Å². The van der Waals surface area contributed by atoms with E-state index in [1.165, 1.54) is 0 Å². The van der Waals surface area contributed by atoms with Crippen molar-refractivity contribution in [3.8, 4) is 11.1 Å². The fraction of sp³-hybridized carbons (Fsp3) is 0.296. The molecule has 1 saturated heterocycles. The number of aryl methyl sites for hydroxylation is 2. The van der Waals surface area contributed by atoms with Crippen LogP contribution < -0.4 is 5.32 Å². The molecule has 0 unspecified atom stereocenters. The number of likely N-dealkylation sites (N-methyl/N-ethyl adjacent to an activating group) is 1. The SMILES string of the molecule is CS(=O)(=O)O.Cc1ccncc1-c1cc2nnc(Nc3ccc(C(=O)N4CCN(C)CC4)cc3)nc2cc1C. The molecule has 11 nitrogen and oxygen atoms in total. The summed E-state index contributed by atoms with van der Waals surface area (Å²) >= 11 is 0. The molecule has 1 aliphatic heterocycles. The largest absolute Gasteiger partial charge is 0.336 e. The Hall–Kier alpha value is -4.00. The molecule has 0 radical (unpaired) electrons. The minimum absolute atomic E-state index is 0.0680. The van der Waals surface area contributed by atoms with Gasteiger partial charge in [0.15, 0.2) is 0 Å². The molecule has 4 aromatic rings.